The Morgan fingerprint density at radius 3 is 2.32 bits per heavy atom. The number of allylic oxidation sites excluding steroid dienone is 1. The summed E-state index contributed by atoms with van der Waals surface area (Å²) in [7, 11) is 0. The predicted molar refractivity (Wildman–Crippen MR) is 85.2 cm³/mol. The number of hydrogen-bond donors (Lipinski definition) is 0. The van der Waals surface area contributed by atoms with Gasteiger partial charge in [-0.1, -0.05) is 58.9 Å². The minimum Gasteiger partial charge on any atom is -0.285 e. The summed E-state index contributed by atoms with van der Waals surface area (Å²) in [5.41, 5.74) is 6.85. The van der Waals surface area contributed by atoms with Gasteiger partial charge in [-0.2, -0.15) is 0 Å². The van der Waals surface area contributed by atoms with Crippen molar-refractivity contribution in [2.75, 3.05) is 6.54 Å². The summed E-state index contributed by atoms with van der Waals surface area (Å²) in [4.78, 5) is 4.50. The van der Waals surface area contributed by atoms with Crippen LogP contribution < -0.4 is 0 Å². The highest BCUT2D eigenvalue weighted by molar-refractivity contribution is 6.24. The lowest BCUT2D eigenvalue weighted by Gasteiger charge is -2.25. The van der Waals surface area contributed by atoms with Gasteiger partial charge in [0.1, 0.15) is 0 Å². The molecule has 1 aromatic rings. The quantitative estimate of drug-likeness (QED) is 0.708. The van der Waals surface area contributed by atoms with E-state index in [0.29, 0.717) is 5.92 Å². The number of hydrogen-bond acceptors (Lipinski definition) is 1. The average Bonchev–Trinajstić information content (AvgIpc) is 2.73. The van der Waals surface area contributed by atoms with Gasteiger partial charge in [-0.3, -0.25) is 4.99 Å². The molecule has 1 aliphatic heterocycles. The fourth-order valence-electron chi connectivity index (χ4n) is 2.59. The number of benzene rings is 1. The Morgan fingerprint density at radius 2 is 1.84 bits per heavy atom. The first kappa shape index (κ1) is 14.0. The zero-order chi connectivity index (χ0) is 14.2. The van der Waals surface area contributed by atoms with E-state index < -0.39 is 0 Å². The molecule has 0 atom stereocenters. The van der Waals surface area contributed by atoms with Crippen LogP contribution in [0.1, 0.15) is 64.2 Å². The zero-order valence-electron chi connectivity index (χ0n) is 13.0. The summed E-state index contributed by atoms with van der Waals surface area (Å²) in [6, 6.07) is 6.93. The predicted octanol–water partition coefficient (Wildman–Crippen LogP) is 4.97. The van der Waals surface area contributed by atoms with Crippen molar-refractivity contribution in [3.8, 4) is 0 Å². The van der Waals surface area contributed by atoms with Crippen molar-refractivity contribution in [3.63, 3.8) is 0 Å². The van der Waals surface area contributed by atoms with Gasteiger partial charge in [0.2, 0.25) is 0 Å². The summed E-state index contributed by atoms with van der Waals surface area (Å²) in [5.74, 6) is 0.572. The van der Waals surface area contributed by atoms with Gasteiger partial charge in [-0.15, -0.1) is 0 Å². The Balaban J connectivity index is 2.58. The van der Waals surface area contributed by atoms with E-state index in [1.165, 1.54) is 28.0 Å². The maximum Gasteiger partial charge on any atom is 0.0583 e. The van der Waals surface area contributed by atoms with Gasteiger partial charge in [-0.25, -0.2) is 0 Å². The normalized spacial score (nSPS) is 15.7. The van der Waals surface area contributed by atoms with Crippen LogP contribution in [0.4, 0.5) is 0 Å². The second kappa shape index (κ2) is 4.96. The fraction of sp³-hybridized carbons (Fsp3) is 0.500. The van der Waals surface area contributed by atoms with Crippen LogP contribution in [0.5, 0.6) is 0 Å². The van der Waals surface area contributed by atoms with Crippen LogP contribution in [0.25, 0.3) is 5.57 Å². The molecule has 1 aliphatic rings. The van der Waals surface area contributed by atoms with Gasteiger partial charge in [0.25, 0.3) is 0 Å². The molecule has 102 valence electrons. The molecule has 0 unspecified atom stereocenters. The molecule has 0 aromatic heterocycles. The first-order chi connectivity index (χ1) is 8.80. The molecule has 1 heteroatoms. The molecule has 0 saturated heterocycles. The van der Waals surface area contributed by atoms with Crippen molar-refractivity contribution in [2.24, 2.45) is 4.99 Å². The number of aliphatic imine (C=N–C) groups is 1. The summed E-state index contributed by atoms with van der Waals surface area (Å²) >= 11 is 0. The molecular weight excluding hydrogens is 230 g/mol. The summed E-state index contributed by atoms with van der Waals surface area (Å²) in [5, 5.41) is 0. The molecule has 0 spiro atoms. The lowest BCUT2D eigenvalue weighted by atomic mass is 9.79. The average molecular weight is 255 g/mol. The van der Waals surface area contributed by atoms with Crippen LogP contribution in [0.3, 0.4) is 0 Å². The molecule has 0 amide bonds. The lowest BCUT2D eigenvalue weighted by molar-refractivity contribution is 0.587. The molecular formula is C18H25N. The standard InChI is InChI=1S/C18H25N/c1-12(2)14-7-8-16(15-9-10-19-13(15)3)17(11-14)18(4,5)6/h7-9,11-12H,10H2,1-6H3. The summed E-state index contributed by atoms with van der Waals surface area (Å²) in [6.07, 6.45) is 2.24. The van der Waals surface area contributed by atoms with E-state index in [1.54, 1.807) is 0 Å². The molecule has 2 rings (SSSR count). The van der Waals surface area contributed by atoms with Crippen LogP contribution in [-0.2, 0) is 5.41 Å². The van der Waals surface area contributed by atoms with Crippen LogP contribution in [0.2, 0.25) is 0 Å². The second-order valence-electron chi connectivity index (χ2n) is 6.75. The van der Waals surface area contributed by atoms with Crippen molar-refractivity contribution in [3.05, 3.63) is 41.0 Å². The number of nitrogens with zero attached hydrogens (tertiary/aromatic N) is 1. The van der Waals surface area contributed by atoms with E-state index >= 15 is 0 Å². The Kier molecular flexibility index (Phi) is 3.66. The van der Waals surface area contributed by atoms with Crippen LogP contribution in [0.15, 0.2) is 29.3 Å². The lowest BCUT2D eigenvalue weighted by Crippen LogP contribution is -2.15. The molecule has 0 aliphatic carbocycles. The number of rotatable bonds is 2. The third-order valence-corrected chi connectivity index (χ3v) is 3.82. The molecule has 0 fully saturated rings. The monoisotopic (exact) mass is 255 g/mol. The Hall–Kier alpha value is -1.37. The SMILES string of the molecule is CC1=NCC=C1c1ccc(C(C)C)cc1C(C)(C)C. The fourth-order valence-corrected chi connectivity index (χ4v) is 2.59. The molecule has 0 N–H and O–H groups in total. The van der Waals surface area contributed by atoms with Crippen molar-refractivity contribution in [1.82, 2.24) is 0 Å². The maximum atomic E-state index is 4.50. The molecule has 0 saturated carbocycles. The van der Waals surface area contributed by atoms with E-state index in [1.807, 2.05) is 0 Å². The van der Waals surface area contributed by atoms with Crippen molar-refractivity contribution < 1.29 is 0 Å². The van der Waals surface area contributed by atoms with Crippen molar-refractivity contribution >= 4 is 11.3 Å². The Labute approximate surface area is 117 Å². The molecule has 1 aromatic carbocycles. The van der Waals surface area contributed by atoms with Gasteiger partial charge in [0.15, 0.2) is 0 Å². The van der Waals surface area contributed by atoms with Gasteiger partial charge < -0.3 is 0 Å². The molecule has 19 heavy (non-hydrogen) atoms. The van der Waals surface area contributed by atoms with Gasteiger partial charge >= 0.3 is 0 Å². The summed E-state index contributed by atoms with van der Waals surface area (Å²) < 4.78 is 0. The molecule has 1 heterocycles. The molecule has 1 nitrogen and oxygen atoms in total. The van der Waals surface area contributed by atoms with Gasteiger partial charge in [0, 0.05) is 11.3 Å². The largest absolute Gasteiger partial charge is 0.285 e. The molecule has 0 bridgehead atoms. The first-order valence-corrected chi connectivity index (χ1v) is 7.17. The van der Waals surface area contributed by atoms with E-state index in [2.05, 4.69) is 70.8 Å². The minimum absolute atomic E-state index is 0.157. The Morgan fingerprint density at radius 1 is 1.16 bits per heavy atom. The highest BCUT2D eigenvalue weighted by Crippen LogP contribution is 2.34. The van der Waals surface area contributed by atoms with E-state index in [-0.39, 0.29) is 5.41 Å². The van der Waals surface area contributed by atoms with Crippen molar-refractivity contribution in [1.29, 1.82) is 0 Å². The molecule has 0 radical (unpaired) electrons. The minimum atomic E-state index is 0.157. The van der Waals surface area contributed by atoms with Gasteiger partial charge in [0.05, 0.1) is 6.54 Å². The van der Waals surface area contributed by atoms with E-state index in [0.717, 1.165) is 6.54 Å². The highest BCUT2D eigenvalue weighted by atomic mass is 14.7. The first-order valence-electron chi connectivity index (χ1n) is 7.17. The van der Waals surface area contributed by atoms with Gasteiger partial charge in [-0.05, 0) is 34.9 Å². The second-order valence-corrected chi connectivity index (χ2v) is 6.75. The summed E-state index contributed by atoms with van der Waals surface area (Å²) in [6.45, 7) is 14.3. The third-order valence-electron chi connectivity index (χ3n) is 3.82. The van der Waals surface area contributed by atoms with Crippen LogP contribution in [-0.4, -0.2) is 12.3 Å². The topological polar surface area (TPSA) is 12.4 Å². The third kappa shape index (κ3) is 2.80. The smallest absolute Gasteiger partial charge is 0.0583 e. The van der Waals surface area contributed by atoms with E-state index in [9.17, 15) is 0 Å². The van der Waals surface area contributed by atoms with E-state index in [4.69, 9.17) is 0 Å². The Bertz CT molecular complexity index is 539. The van der Waals surface area contributed by atoms with Crippen LogP contribution >= 0.6 is 0 Å². The zero-order valence-corrected chi connectivity index (χ0v) is 13.0. The maximum absolute atomic E-state index is 4.50. The van der Waals surface area contributed by atoms with Crippen molar-refractivity contribution in [2.45, 2.75) is 52.9 Å². The highest BCUT2D eigenvalue weighted by Gasteiger charge is 2.22. The van der Waals surface area contributed by atoms with Crippen LogP contribution in [0, 0.1) is 0 Å².